The summed E-state index contributed by atoms with van der Waals surface area (Å²) in [5.74, 6) is 2.81. The Morgan fingerprint density at radius 1 is 1.32 bits per heavy atom. The maximum absolute atomic E-state index is 14.0. The predicted molar refractivity (Wildman–Crippen MR) is 73.6 cm³/mol. The molecule has 104 valence electrons. The van der Waals surface area contributed by atoms with E-state index in [0.29, 0.717) is 17.9 Å². The van der Waals surface area contributed by atoms with Gasteiger partial charge in [-0.1, -0.05) is 18.6 Å². The van der Waals surface area contributed by atoms with Crippen molar-refractivity contribution in [3.8, 4) is 5.75 Å². The lowest BCUT2D eigenvalue weighted by Gasteiger charge is -2.22. The van der Waals surface area contributed by atoms with Crippen LogP contribution in [0.3, 0.4) is 0 Å². The van der Waals surface area contributed by atoms with Gasteiger partial charge in [0.15, 0.2) is 11.6 Å². The van der Waals surface area contributed by atoms with Crippen LogP contribution in [0.15, 0.2) is 18.2 Å². The van der Waals surface area contributed by atoms with E-state index in [0.717, 1.165) is 24.3 Å². The molecular weight excluding hydrogens is 241 g/mol. The molecule has 2 fully saturated rings. The molecule has 3 rings (SSSR count). The molecule has 2 aliphatic carbocycles. The lowest BCUT2D eigenvalue weighted by molar-refractivity contribution is 0.317. The fourth-order valence-electron chi connectivity index (χ4n) is 3.87. The average molecular weight is 263 g/mol. The summed E-state index contributed by atoms with van der Waals surface area (Å²) in [6.07, 6.45) is 5.65. The van der Waals surface area contributed by atoms with Crippen LogP contribution < -0.4 is 10.1 Å². The molecule has 2 saturated carbocycles. The van der Waals surface area contributed by atoms with Gasteiger partial charge in [-0.2, -0.15) is 0 Å². The van der Waals surface area contributed by atoms with E-state index in [-0.39, 0.29) is 5.82 Å². The predicted octanol–water partition coefficient (Wildman–Crippen LogP) is 3.36. The van der Waals surface area contributed by atoms with Gasteiger partial charge in [-0.15, -0.1) is 0 Å². The van der Waals surface area contributed by atoms with Crippen LogP contribution in [0.4, 0.5) is 4.39 Å². The van der Waals surface area contributed by atoms with E-state index in [9.17, 15) is 4.39 Å². The van der Waals surface area contributed by atoms with E-state index in [1.807, 2.05) is 12.1 Å². The van der Waals surface area contributed by atoms with Crippen LogP contribution in [-0.4, -0.2) is 13.7 Å². The quantitative estimate of drug-likeness (QED) is 0.879. The summed E-state index contributed by atoms with van der Waals surface area (Å²) in [5.41, 5.74) is 0.697. The van der Waals surface area contributed by atoms with Crippen LogP contribution in [0, 0.1) is 23.6 Å². The monoisotopic (exact) mass is 263 g/mol. The van der Waals surface area contributed by atoms with E-state index in [1.165, 1.54) is 32.8 Å². The third kappa shape index (κ3) is 2.62. The Morgan fingerprint density at radius 3 is 2.89 bits per heavy atom. The Labute approximate surface area is 114 Å². The molecule has 2 bridgehead atoms. The molecule has 0 radical (unpaired) electrons. The second-order valence-corrected chi connectivity index (χ2v) is 6.00. The summed E-state index contributed by atoms with van der Waals surface area (Å²) in [6.45, 7) is 1.62. The molecule has 1 aromatic carbocycles. The number of ether oxygens (including phenoxy) is 1. The van der Waals surface area contributed by atoms with Crippen LogP contribution in [0.25, 0.3) is 0 Å². The van der Waals surface area contributed by atoms with Crippen molar-refractivity contribution in [3.05, 3.63) is 29.6 Å². The minimum absolute atomic E-state index is 0.231. The van der Waals surface area contributed by atoms with Gasteiger partial charge in [0.05, 0.1) is 7.11 Å². The number of halogens is 1. The van der Waals surface area contributed by atoms with E-state index in [4.69, 9.17) is 4.74 Å². The molecule has 0 spiro atoms. The van der Waals surface area contributed by atoms with Gasteiger partial charge >= 0.3 is 0 Å². The molecule has 1 aromatic rings. The molecule has 3 unspecified atom stereocenters. The number of rotatable bonds is 5. The molecule has 2 nitrogen and oxygen atoms in total. The van der Waals surface area contributed by atoms with E-state index in [2.05, 4.69) is 5.32 Å². The maximum atomic E-state index is 14.0. The second kappa shape index (κ2) is 5.49. The van der Waals surface area contributed by atoms with Gasteiger partial charge in [0.1, 0.15) is 0 Å². The van der Waals surface area contributed by atoms with Crippen molar-refractivity contribution in [2.75, 3.05) is 13.7 Å². The highest BCUT2D eigenvalue weighted by Gasteiger charge is 2.38. The highest BCUT2D eigenvalue weighted by Crippen LogP contribution is 2.47. The summed E-state index contributed by atoms with van der Waals surface area (Å²) in [5, 5.41) is 3.43. The van der Waals surface area contributed by atoms with Crippen molar-refractivity contribution >= 4 is 0 Å². The molecule has 0 aromatic heterocycles. The van der Waals surface area contributed by atoms with Gasteiger partial charge in [0.25, 0.3) is 0 Å². The number of nitrogens with one attached hydrogen (secondary N) is 1. The number of hydrogen-bond acceptors (Lipinski definition) is 2. The first-order valence-corrected chi connectivity index (χ1v) is 7.30. The maximum Gasteiger partial charge on any atom is 0.169 e. The fraction of sp³-hybridized carbons (Fsp3) is 0.625. The van der Waals surface area contributed by atoms with Crippen molar-refractivity contribution in [1.29, 1.82) is 0 Å². The zero-order valence-corrected chi connectivity index (χ0v) is 11.5. The highest BCUT2D eigenvalue weighted by atomic mass is 19.1. The molecular formula is C16H22FNO. The van der Waals surface area contributed by atoms with Crippen LogP contribution in [0.2, 0.25) is 0 Å². The molecule has 3 atom stereocenters. The first-order valence-electron chi connectivity index (χ1n) is 7.30. The zero-order chi connectivity index (χ0) is 13.2. The summed E-state index contributed by atoms with van der Waals surface area (Å²) in [7, 11) is 1.50. The van der Waals surface area contributed by atoms with Crippen LogP contribution in [0.5, 0.6) is 5.75 Å². The lowest BCUT2D eigenvalue weighted by Crippen LogP contribution is -2.26. The Hall–Kier alpha value is -1.09. The average Bonchev–Trinajstić information content (AvgIpc) is 3.03. The summed E-state index contributed by atoms with van der Waals surface area (Å²) >= 11 is 0. The molecule has 3 heteroatoms. The Kier molecular flexibility index (Phi) is 3.74. The van der Waals surface area contributed by atoms with Gasteiger partial charge < -0.3 is 10.1 Å². The molecule has 0 aliphatic heterocycles. The second-order valence-electron chi connectivity index (χ2n) is 6.00. The number of hydrogen-bond donors (Lipinski definition) is 1. The fourth-order valence-corrected chi connectivity index (χ4v) is 3.87. The first-order chi connectivity index (χ1) is 9.28. The normalized spacial score (nSPS) is 28.8. The SMILES string of the molecule is COc1cccc(CNCC2CC3CCC2C3)c1F. The third-order valence-corrected chi connectivity index (χ3v) is 4.87. The van der Waals surface area contributed by atoms with Crippen molar-refractivity contribution < 1.29 is 9.13 Å². The smallest absolute Gasteiger partial charge is 0.169 e. The van der Waals surface area contributed by atoms with E-state index in [1.54, 1.807) is 6.07 Å². The van der Waals surface area contributed by atoms with Gasteiger partial charge in [-0.3, -0.25) is 0 Å². The molecule has 2 aliphatic rings. The summed E-state index contributed by atoms with van der Waals surface area (Å²) in [6, 6.07) is 5.33. The minimum atomic E-state index is -0.231. The van der Waals surface area contributed by atoms with E-state index < -0.39 is 0 Å². The Balaban J connectivity index is 1.52. The van der Waals surface area contributed by atoms with Crippen molar-refractivity contribution in [2.24, 2.45) is 17.8 Å². The molecule has 0 saturated heterocycles. The van der Waals surface area contributed by atoms with Crippen molar-refractivity contribution in [3.63, 3.8) is 0 Å². The number of fused-ring (bicyclic) bond motifs is 2. The first kappa shape index (κ1) is 12.9. The topological polar surface area (TPSA) is 21.3 Å². The zero-order valence-electron chi connectivity index (χ0n) is 11.5. The number of methoxy groups -OCH3 is 1. The third-order valence-electron chi connectivity index (χ3n) is 4.87. The Morgan fingerprint density at radius 2 is 2.21 bits per heavy atom. The van der Waals surface area contributed by atoms with Crippen molar-refractivity contribution in [1.82, 2.24) is 5.32 Å². The van der Waals surface area contributed by atoms with Gasteiger partial charge in [0, 0.05) is 12.1 Å². The van der Waals surface area contributed by atoms with Crippen LogP contribution in [0.1, 0.15) is 31.2 Å². The van der Waals surface area contributed by atoms with E-state index >= 15 is 0 Å². The largest absolute Gasteiger partial charge is 0.494 e. The van der Waals surface area contributed by atoms with Crippen molar-refractivity contribution in [2.45, 2.75) is 32.2 Å². The molecule has 1 N–H and O–H groups in total. The highest BCUT2D eigenvalue weighted by molar-refractivity contribution is 5.30. The van der Waals surface area contributed by atoms with Gasteiger partial charge in [0.2, 0.25) is 0 Å². The van der Waals surface area contributed by atoms with Crippen LogP contribution >= 0.6 is 0 Å². The van der Waals surface area contributed by atoms with Gasteiger partial charge in [-0.25, -0.2) is 4.39 Å². The standard InChI is InChI=1S/C16H22FNO/c1-19-15-4-2-3-13(16(15)17)9-18-10-14-8-11-5-6-12(14)7-11/h2-4,11-12,14,18H,5-10H2,1H3. The lowest BCUT2D eigenvalue weighted by atomic mass is 9.89. The summed E-state index contributed by atoms with van der Waals surface area (Å²) in [4.78, 5) is 0. The number of benzene rings is 1. The minimum Gasteiger partial charge on any atom is -0.494 e. The molecule has 0 heterocycles. The van der Waals surface area contributed by atoms with Crippen LogP contribution in [-0.2, 0) is 6.54 Å². The molecule has 19 heavy (non-hydrogen) atoms. The Bertz CT molecular complexity index is 448. The summed E-state index contributed by atoms with van der Waals surface area (Å²) < 4.78 is 19.0. The van der Waals surface area contributed by atoms with Gasteiger partial charge in [-0.05, 0) is 49.6 Å². The molecule has 0 amide bonds.